The molecule has 23 heavy (non-hydrogen) atoms. The number of alkyl halides is 3. The van der Waals surface area contributed by atoms with Crippen molar-refractivity contribution in [2.45, 2.75) is 18.6 Å². The molecule has 2 nitrogen and oxygen atoms in total. The maximum atomic E-state index is 13.3. The maximum absolute atomic E-state index is 13.3. The Labute approximate surface area is 142 Å². The first-order valence-corrected chi connectivity index (χ1v) is 6.44. The molecule has 1 fully saturated rings. The van der Waals surface area contributed by atoms with Crippen LogP contribution in [0.5, 0.6) is 0 Å². The van der Waals surface area contributed by atoms with E-state index in [9.17, 15) is 26.3 Å². The number of hydrogen-bond acceptors (Lipinski definition) is 2. The summed E-state index contributed by atoms with van der Waals surface area (Å²) in [7, 11) is 0. The molecular formula is C13H16Cl2F6N2. The Morgan fingerprint density at radius 3 is 1.91 bits per heavy atom. The standard InChI is InChI=1S/C13H14F6N2.2ClH/c14-9-5-8(6-10(15)12(9)16)11(7-13(17,18)19)21-3-1-20-2-4-21;;/h5-6,11,20H,1-4,7H2;2*1H/t11-;;/m1../s1. The first kappa shape index (κ1) is 22.3. The molecule has 0 amide bonds. The van der Waals surface area contributed by atoms with Crippen LogP contribution >= 0.6 is 24.8 Å². The van der Waals surface area contributed by atoms with Gasteiger partial charge in [-0.1, -0.05) is 0 Å². The lowest BCUT2D eigenvalue weighted by molar-refractivity contribution is -0.148. The SMILES string of the molecule is Cl.Cl.Fc1cc([C@@H](CC(F)(F)F)N2CCNCC2)cc(F)c1F. The quantitative estimate of drug-likeness (QED) is 0.628. The Morgan fingerprint density at radius 1 is 1.00 bits per heavy atom. The zero-order valence-electron chi connectivity index (χ0n) is 11.8. The van der Waals surface area contributed by atoms with Gasteiger partial charge in [-0.05, 0) is 17.7 Å². The van der Waals surface area contributed by atoms with Gasteiger partial charge in [0.05, 0.1) is 6.42 Å². The summed E-state index contributed by atoms with van der Waals surface area (Å²) in [5.41, 5.74) is -0.203. The van der Waals surface area contributed by atoms with Crippen molar-refractivity contribution in [3.63, 3.8) is 0 Å². The highest BCUT2D eigenvalue weighted by atomic mass is 35.5. The van der Waals surface area contributed by atoms with Crippen molar-refractivity contribution in [1.82, 2.24) is 10.2 Å². The molecule has 0 unspecified atom stereocenters. The summed E-state index contributed by atoms with van der Waals surface area (Å²) in [6.07, 6.45) is -5.73. The highest BCUT2D eigenvalue weighted by molar-refractivity contribution is 5.85. The second-order valence-electron chi connectivity index (χ2n) is 4.92. The van der Waals surface area contributed by atoms with Crippen LogP contribution in [-0.2, 0) is 0 Å². The Balaban J connectivity index is 0.00000242. The van der Waals surface area contributed by atoms with E-state index < -0.39 is 36.1 Å². The predicted molar refractivity (Wildman–Crippen MR) is 78.7 cm³/mol. The van der Waals surface area contributed by atoms with Gasteiger partial charge >= 0.3 is 6.18 Å². The molecule has 1 saturated heterocycles. The minimum atomic E-state index is -4.49. The van der Waals surface area contributed by atoms with Gasteiger partial charge in [-0.3, -0.25) is 4.90 Å². The Morgan fingerprint density at radius 2 is 1.48 bits per heavy atom. The molecule has 2 rings (SSSR count). The molecule has 0 aliphatic carbocycles. The van der Waals surface area contributed by atoms with E-state index in [0.717, 1.165) is 0 Å². The first-order chi connectivity index (χ1) is 9.78. The van der Waals surface area contributed by atoms with E-state index in [-0.39, 0.29) is 30.4 Å². The van der Waals surface area contributed by atoms with E-state index in [1.807, 2.05) is 0 Å². The van der Waals surface area contributed by atoms with Crippen LogP contribution in [0.1, 0.15) is 18.0 Å². The van der Waals surface area contributed by atoms with E-state index >= 15 is 0 Å². The van der Waals surface area contributed by atoms with Crippen LogP contribution in [0.4, 0.5) is 26.3 Å². The third-order valence-corrected chi connectivity index (χ3v) is 3.41. The number of rotatable bonds is 3. The van der Waals surface area contributed by atoms with Crippen LogP contribution in [0, 0.1) is 17.5 Å². The summed E-state index contributed by atoms with van der Waals surface area (Å²) in [6, 6.07) is 0.0463. The number of halogens is 8. The van der Waals surface area contributed by atoms with E-state index in [1.54, 1.807) is 0 Å². The van der Waals surface area contributed by atoms with Crippen molar-refractivity contribution in [2.75, 3.05) is 26.2 Å². The molecular weight excluding hydrogens is 369 g/mol. The summed E-state index contributed by atoms with van der Waals surface area (Å²) in [5, 5.41) is 2.98. The average molecular weight is 385 g/mol. The number of nitrogens with one attached hydrogen (secondary N) is 1. The fourth-order valence-corrected chi connectivity index (χ4v) is 2.44. The summed E-state index contributed by atoms with van der Waals surface area (Å²) in [6.45, 7) is 1.61. The number of piperazine rings is 1. The third-order valence-electron chi connectivity index (χ3n) is 3.41. The van der Waals surface area contributed by atoms with Crippen LogP contribution in [0.15, 0.2) is 12.1 Å². The van der Waals surface area contributed by atoms with Crippen molar-refractivity contribution in [2.24, 2.45) is 0 Å². The number of hydrogen-bond donors (Lipinski definition) is 1. The summed E-state index contributed by atoms with van der Waals surface area (Å²) >= 11 is 0. The van der Waals surface area contributed by atoms with E-state index in [1.165, 1.54) is 4.90 Å². The Hall–Kier alpha value is -0.700. The van der Waals surface area contributed by atoms with Crippen molar-refractivity contribution in [3.05, 3.63) is 35.1 Å². The molecule has 0 bridgehead atoms. The summed E-state index contributed by atoms with van der Waals surface area (Å²) < 4.78 is 77.7. The predicted octanol–water partition coefficient (Wildman–Crippen LogP) is 3.85. The fourth-order valence-electron chi connectivity index (χ4n) is 2.44. The van der Waals surface area contributed by atoms with Crippen LogP contribution < -0.4 is 5.32 Å². The van der Waals surface area contributed by atoms with Gasteiger partial charge in [0.1, 0.15) is 0 Å². The number of benzene rings is 1. The summed E-state index contributed by atoms with van der Waals surface area (Å²) in [4.78, 5) is 1.50. The molecule has 1 N–H and O–H groups in total. The number of nitrogens with zero attached hydrogens (tertiary/aromatic N) is 1. The second-order valence-corrected chi connectivity index (χ2v) is 4.92. The molecule has 1 aliphatic rings. The normalized spacial score (nSPS) is 17.1. The van der Waals surface area contributed by atoms with Crippen molar-refractivity contribution < 1.29 is 26.3 Å². The van der Waals surface area contributed by atoms with E-state index in [4.69, 9.17) is 0 Å². The van der Waals surface area contributed by atoms with Gasteiger partial charge in [0.25, 0.3) is 0 Å². The highest BCUT2D eigenvalue weighted by Gasteiger charge is 2.36. The molecule has 0 aromatic heterocycles. The maximum Gasteiger partial charge on any atom is 0.390 e. The Bertz CT molecular complexity index is 483. The molecule has 0 saturated carbocycles. The van der Waals surface area contributed by atoms with Crippen LogP contribution in [0.2, 0.25) is 0 Å². The minimum Gasteiger partial charge on any atom is -0.314 e. The largest absolute Gasteiger partial charge is 0.390 e. The molecule has 1 heterocycles. The average Bonchev–Trinajstić information content (AvgIpc) is 2.41. The molecule has 1 atom stereocenters. The van der Waals surface area contributed by atoms with Crippen molar-refractivity contribution in [3.8, 4) is 0 Å². The van der Waals surface area contributed by atoms with E-state index in [2.05, 4.69) is 5.32 Å². The van der Waals surface area contributed by atoms with Crippen LogP contribution in [-0.4, -0.2) is 37.3 Å². The molecule has 10 heteroatoms. The van der Waals surface area contributed by atoms with Crippen molar-refractivity contribution in [1.29, 1.82) is 0 Å². The van der Waals surface area contributed by atoms with Gasteiger partial charge in [-0.2, -0.15) is 13.2 Å². The van der Waals surface area contributed by atoms with Gasteiger partial charge in [0.15, 0.2) is 17.5 Å². The molecule has 1 aromatic rings. The van der Waals surface area contributed by atoms with Gasteiger partial charge in [0.2, 0.25) is 0 Å². The van der Waals surface area contributed by atoms with Gasteiger partial charge < -0.3 is 5.32 Å². The zero-order chi connectivity index (χ0) is 15.6. The molecule has 1 aromatic carbocycles. The van der Waals surface area contributed by atoms with Gasteiger partial charge in [-0.15, -0.1) is 24.8 Å². The lowest BCUT2D eigenvalue weighted by atomic mass is 10.00. The van der Waals surface area contributed by atoms with Gasteiger partial charge in [-0.25, -0.2) is 13.2 Å². The third kappa shape index (κ3) is 6.02. The van der Waals surface area contributed by atoms with Crippen molar-refractivity contribution >= 4 is 24.8 Å². The van der Waals surface area contributed by atoms with Crippen LogP contribution in [0.25, 0.3) is 0 Å². The molecule has 0 radical (unpaired) electrons. The monoisotopic (exact) mass is 384 g/mol. The van der Waals surface area contributed by atoms with E-state index in [0.29, 0.717) is 38.3 Å². The zero-order valence-corrected chi connectivity index (χ0v) is 13.4. The smallest absolute Gasteiger partial charge is 0.314 e. The molecule has 1 aliphatic heterocycles. The highest BCUT2D eigenvalue weighted by Crippen LogP contribution is 2.35. The van der Waals surface area contributed by atoms with Crippen LogP contribution in [0.3, 0.4) is 0 Å². The Kier molecular flexibility index (Phi) is 8.69. The second kappa shape index (κ2) is 8.96. The fraction of sp³-hybridized carbons (Fsp3) is 0.538. The lowest BCUT2D eigenvalue weighted by Crippen LogP contribution is -2.46. The molecule has 0 spiro atoms. The first-order valence-electron chi connectivity index (χ1n) is 6.44. The summed E-state index contributed by atoms with van der Waals surface area (Å²) in [5.74, 6) is -4.63. The minimum absolute atomic E-state index is 0. The topological polar surface area (TPSA) is 15.3 Å². The van der Waals surface area contributed by atoms with Gasteiger partial charge in [0, 0.05) is 32.2 Å². The lowest BCUT2D eigenvalue weighted by Gasteiger charge is -2.35. The molecule has 134 valence electrons.